The molecule has 0 unspecified atom stereocenters. The maximum absolute atomic E-state index is 9.98. The molecule has 1 aliphatic heterocycles. The van der Waals surface area contributed by atoms with Gasteiger partial charge in [-0.05, 0) is 30.5 Å². The van der Waals surface area contributed by atoms with Gasteiger partial charge in [0.05, 0.1) is 6.61 Å². The fraction of sp³-hybridized carbons (Fsp3) is 0.529. The Morgan fingerprint density at radius 1 is 1.00 bits per heavy atom. The van der Waals surface area contributed by atoms with Crippen molar-refractivity contribution in [1.82, 2.24) is 0 Å². The molecule has 1 aromatic carbocycles. The number of rotatable bonds is 7. The minimum absolute atomic E-state index is 0.0485. The molecule has 25 heavy (non-hydrogen) atoms. The molecule has 8 heteroatoms. The smallest absolute Gasteiger partial charge is 0.229 e. The molecule has 1 saturated heterocycles. The minimum Gasteiger partial charge on any atom is -0.508 e. The third-order valence-electron chi connectivity index (χ3n) is 3.87. The highest BCUT2D eigenvalue weighted by Gasteiger charge is 2.44. The third-order valence-corrected chi connectivity index (χ3v) is 3.87. The van der Waals surface area contributed by atoms with E-state index in [0.29, 0.717) is 12.8 Å². The molecule has 0 spiro atoms. The number of benzene rings is 1. The molecular formula is C17H24O8. The highest BCUT2D eigenvalue weighted by molar-refractivity contribution is 5.38. The van der Waals surface area contributed by atoms with Crippen molar-refractivity contribution in [2.45, 2.75) is 43.5 Å². The Morgan fingerprint density at radius 2 is 1.76 bits per heavy atom. The summed E-state index contributed by atoms with van der Waals surface area (Å²) in [6.45, 7) is -0.492. The number of phenols is 1. The molecule has 6 N–H and O–H groups in total. The summed E-state index contributed by atoms with van der Waals surface area (Å²) < 4.78 is 10.8. The second-order valence-corrected chi connectivity index (χ2v) is 5.84. The highest BCUT2D eigenvalue weighted by Crippen LogP contribution is 2.27. The Labute approximate surface area is 145 Å². The Kier molecular flexibility index (Phi) is 7.18. The van der Waals surface area contributed by atoms with Gasteiger partial charge >= 0.3 is 0 Å². The van der Waals surface area contributed by atoms with Crippen molar-refractivity contribution in [3.63, 3.8) is 0 Å². The minimum atomic E-state index is -1.53. The van der Waals surface area contributed by atoms with Crippen LogP contribution in [0.4, 0.5) is 0 Å². The van der Waals surface area contributed by atoms with E-state index in [1.165, 1.54) is 6.07 Å². The van der Waals surface area contributed by atoms with E-state index in [1.54, 1.807) is 12.1 Å². The van der Waals surface area contributed by atoms with Crippen LogP contribution >= 0.6 is 0 Å². The van der Waals surface area contributed by atoms with Crippen LogP contribution in [0.2, 0.25) is 0 Å². The number of hydrogen-bond acceptors (Lipinski definition) is 8. The molecule has 0 radical (unpaired) electrons. The van der Waals surface area contributed by atoms with E-state index in [4.69, 9.17) is 14.6 Å². The lowest BCUT2D eigenvalue weighted by molar-refractivity contribution is -0.277. The molecule has 140 valence electrons. The van der Waals surface area contributed by atoms with Gasteiger partial charge in [-0.15, -0.1) is 0 Å². The van der Waals surface area contributed by atoms with E-state index in [9.17, 15) is 25.5 Å². The van der Waals surface area contributed by atoms with Crippen LogP contribution in [0.15, 0.2) is 30.4 Å². The van der Waals surface area contributed by atoms with Crippen LogP contribution in [-0.4, -0.2) is 74.6 Å². The number of aromatic hydroxyl groups is 1. The van der Waals surface area contributed by atoms with E-state index in [2.05, 4.69) is 0 Å². The monoisotopic (exact) mass is 356 g/mol. The summed E-state index contributed by atoms with van der Waals surface area (Å²) in [5, 5.41) is 57.2. The molecule has 1 fully saturated rings. The first kappa shape index (κ1) is 19.6. The van der Waals surface area contributed by atoms with Gasteiger partial charge < -0.3 is 40.1 Å². The Morgan fingerprint density at radius 3 is 2.44 bits per heavy atom. The average molecular weight is 356 g/mol. The number of aliphatic hydroxyl groups is 5. The molecule has 0 saturated carbocycles. The lowest BCUT2D eigenvalue weighted by Gasteiger charge is -2.39. The van der Waals surface area contributed by atoms with Gasteiger partial charge in [0.1, 0.15) is 35.9 Å². The van der Waals surface area contributed by atoms with Crippen LogP contribution in [0.25, 0.3) is 0 Å². The fourth-order valence-corrected chi connectivity index (χ4v) is 2.54. The summed E-state index contributed by atoms with van der Waals surface area (Å²) in [5.41, 5.74) is 0.730. The standard InChI is InChI=1S/C17H24O8/c18-5-3-1-2-4-10-6-11(20)8-12(7-10)24-17-16(23)15(22)14(21)13(9-19)25-17/h1-2,6-8,13-23H,3-5,9H2/b2-1+/t13-,14-,15+,16-,17-/m1/s1. The van der Waals surface area contributed by atoms with Crippen LogP contribution in [0, 0.1) is 0 Å². The molecule has 5 atom stereocenters. The molecule has 0 aliphatic carbocycles. The zero-order chi connectivity index (χ0) is 18.4. The van der Waals surface area contributed by atoms with Crippen molar-refractivity contribution in [3.8, 4) is 11.5 Å². The first-order valence-corrected chi connectivity index (χ1v) is 8.02. The normalized spacial score (nSPS) is 29.9. The van der Waals surface area contributed by atoms with E-state index in [0.717, 1.165) is 5.56 Å². The fourth-order valence-electron chi connectivity index (χ4n) is 2.54. The van der Waals surface area contributed by atoms with Gasteiger partial charge in [0.2, 0.25) is 6.29 Å². The van der Waals surface area contributed by atoms with Crippen LogP contribution in [0.5, 0.6) is 11.5 Å². The molecular weight excluding hydrogens is 332 g/mol. The van der Waals surface area contributed by atoms with Gasteiger partial charge in [0, 0.05) is 12.7 Å². The maximum Gasteiger partial charge on any atom is 0.229 e. The van der Waals surface area contributed by atoms with Crippen LogP contribution in [-0.2, 0) is 11.2 Å². The SMILES string of the molecule is OCC/C=C/Cc1cc(O)cc(O[C@@H]2O[C@H](CO)[C@@H](O)[C@H](O)[C@H]2O)c1. The van der Waals surface area contributed by atoms with Crippen molar-refractivity contribution in [3.05, 3.63) is 35.9 Å². The van der Waals surface area contributed by atoms with Crippen LogP contribution < -0.4 is 4.74 Å². The predicted octanol–water partition coefficient (Wildman–Crippen LogP) is -0.948. The second kappa shape index (κ2) is 9.14. The maximum atomic E-state index is 9.98. The van der Waals surface area contributed by atoms with Gasteiger partial charge in [0.15, 0.2) is 0 Å². The summed E-state index contributed by atoms with van der Waals surface area (Å²) in [6.07, 6.45) is -2.22. The van der Waals surface area contributed by atoms with Crippen molar-refractivity contribution >= 4 is 0 Å². The Bertz CT molecular complexity index is 574. The third kappa shape index (κ3) is 5.15. The van der Waals surface area contributed by atoms with Gasteiger partial charge in [-0.3, -0.25) is 0 Å². The number of phenolic OH excluding ortho intramolecular Hbond substituents is 1. The molecule has 1 heterocycles. The van der Waals surface area contributed by atoms with E-state index in [-0.39, 0.29) is 18.1 Å². The highest BCUT2D eigenvalue weighted by atomic mass is 16.7. The molecule has 8 nitrogen and oxygen atoms in total. The van der Waals surface area contributed by atoms with E-state index in [1.807, 2.05) is 12.2 Å². The average Bonchev–Trinajstić information content (AvgIpc) is 2.59. The zero-order valence-corrected chi connectivity index (χ0v) is 13.6. The van der Waals surface area contributed by atoms with Crippen molar-refractivity contribution < 1.29 is 40.1 Å². The number of aliphatic hydroxyl groups excluding tert-OH is 5. The summed E-state index contributed by atoms with van der Waals surface area (Å²) in [6, 6.07) is 4.50. The first-order chi connectivity index (χ1) is 12.0. The topological polar surface area (TPSA) is 140 Å². The zero-order valence-electron chi connectivity index (χ0n) is 13.6. The summed E-state index contributed by atoms with van der Waals surface area (Å²) in [7, 11) is 0. The Balaban J connectivity index is 2.09. The molecule has 0 amide bonds. The first-order valence-electron chi connectivity index (χ1n) is 8.02. The largest absolute Gasteiger partial charge is 0.508 e. The molecule has 1 aromatic rings. The van der Waals surface area contributed by atoms with Crippen LogP contribution in [0.3, 0.4) is 0 Å². The van der Waals surface area contributed by atoms with E-state index < -0.39 is 37.3 Å². The van der Waals surface area contributed by atoms with Crippen molar-refractivity contribution in [2.75, 3.05) is 13.2 Å². The van der Waals surface area contributed by atoms with Gasteiger partial charge in [-0.2, -0.15) is 0 Å². The molecule has 0 aromatic heterocycles. The summed E-state index contributed by atoms with van der Waals surface area (Å²) >= 11 is 0. The summed E-state index contributed by atoms with van der Waals surface area (Å²) in [4.78, 5) is 0. The lowest BCUT2D eigenvalue weighted by Crippen LogP contribution is -2.60. The second-order valence-electron chi connectivity index (χ2n) is 5.84. The molecule has 1 aliphatic rings. The summed E-state index contributed by atoms with van der Waals surface area (Å²) in [5.74, 6) is 0.155. The number of hydrogen-bond donors (Lipinski definition) is 6. The number of allylic oxidation sites excluding steroid dienone is 1. The van der Waals surface area contributed by atoms with E-state index >= 15 is 0 Å². The molecule has 2 rings (SSSR count). The predicted molar refractivity (Wildman–Crippen MR) is 87.0 cm³/mol. The van der Waals surface area contributed by atoms with Crippen LogP contribution in [0.1, 0.15) is 12.0 Å². The van der Waals surface area contributed by atoms with Gasteiger partial charge in [0.25, 0.3) is 0 Å². The van der Waals surface area contributed by atoms with Crippen molar-refractivity contribution in [1.29, 1.82) is 0 Å². The Hall–Kier alpha value is -1.68. The van der Waals surface area contributed by atoms with Crippen molar-refractivity contribution in [2.24, 2.45) is 0 Å². The van der Waals surface area contributed by atoms with Gasteiger partial charge in [-0.1, -0.05) is 12.2 Å². The number of ether oxygens (including phenoxy) is 2. The van der Waals surface area contributed by atoms with Gasteiger partial charge in [-0.25, -0.2) is 0 Å². The quantitative estimate of drug-likeness (QED) is 0.344. The lowest BCUT2D eigenvalue weighted by atomic mass is 9.99. The molecule has 0 bridgehead atoms.